The highest BCUT2D eigenvalue weighted by Crippen LogP contribution is 2.16. The molecule has 0 spiro atoms. The molecule has 1 heterocycles. The summed E-state index contributed by atoms with van der Waals surface area (Å²) in [5.74, 6) is -0.146. The average molecular weight is 324 g/mol. The van der Waals surface area contributed by atoms with Gasteiger partial charge in [0.2, 0.25) is 15.9 Å². The van der Waals surface area contributed by atoms with E-state index in [-0.39, 0.29) is 10.8 Å². The Balaban J connectivity index is 2.10. The van der Waals surface area contributed by atoms with Gasteiger partial charge in [0.15, 0.2) is 0 Å². The summed E-state index contributed by atoms with van der Waals surface area (Å²) in [7, 11) is -3.68. The van der Waals surface area contributed by atoms with Gasteiger partial charge < -0.3 is 4.90 Å². The third kappa shape index (κ3) is 3.87. The molecule has 6 heteroatoms. The van der Waals surface area contributed by atoms with Crippen LogP contribution in [0.25, 0.3) is 0 Å². The molecule has 122 valence electrons. The maximum absolute atomic E-state index is 12.4. The molecule has 1 unspecified atom stereocenters. The minimum Gasteiger partial charge on any atom is -0.341 e. The van der Waals surface area contributed by atoms with Crippen molar-refractivity contribution in [3.8, 4) is 0 Å². The predicted octanol–water partition coefficient (Wildman–Crippen LogP) is 1.98. The van der Waals surface area contributed by atoms with Gasteiger partial charge in [-0.25, -0.2) is 8.42 Å². The molecule has 2 rings (SSSR count). The highest BCUT2D eigenvalue weighted by atomic mass is 32.2. The first kappa shape index (κ1) is 17.0. The summed E-state index contributed by atoms with van der Waals surface area (Å²) in [5.41, 5.74) is 1.95. The van der Waals surface area contributed by atoms with E-state index in [9.17, 15) is 13.2 Å². The van der Waals surface area contributed by atoms with Gasteiger partial charge in [-0.1, -0.05) is 6.07 Å². The number of rotatable bonds is 4. The predicted molar refractivity (Wildman–Crippen MR) is 86.1 cm³/mol. The molecule has 1 aromatic rings. The van der Waals surface area contributed by atoms with Crippen molar-refractivity contribution in [3.63, 3.8) is 0 Å². The molecular formula is C16H24N2O3S. The van der Waals surface area contributed by atoms with Crippen LogP contribution in [-0.4, -0.2) is 38.4 Å². The number of carbonyl (C=O) groups is 1. The molecule has 22 heavy (non-hydrogen) atoms. The molecule has 1 aliphatic heterocycles. The van der Waals surface area contributed by atoms with Crippen molar-refractivity contribution in [2.24, 2.45) is 0 Å². The third-order valence-electron chi connectivity index (χ3n) is 4.16. The van der Waals surface area contributed by atoms with Gasteiger partial charge in [0.1, 0.15) is 0 Å². The maximum atomic E-state index is 12.4. The molecule has 0 radical (unpaired) electrons. The zero-order valence-corrected chi connectivity index (χ0v) is 14.2. The van der Waals surface area contributed by atoms with Crippen LogP contribution in [0.2, 0.25) is 0 Å². The van der Waals surface area contributed by atoms with Gasteiger partial charge in [0.05, 0.1) is 10.9 Å². The van der Waals surface area contributed by atoms with E-state index in [1.807, 2.05) is 13.8 Å². The second kappa shape index (κ2) is 6.79. The molecule has 1 amide bonds. The number of amides is 1. The van der Waals surface area contributed by atoms with E-state index in [0.717, 1.165) is 30.4 Å². The largest absolute Gasteiger partial charge is 0.341 e. The minimum absolute atomic E-state index is 0.146. The minimum atomic E-state index is -3.68. The number of benzene rings is 1. The summed E-state index contributed by atoms with van der Waals surface area (Å²) < 4.78 is 27.3. The monoisotopic (exact) mass is 324 g/mol. The standard InChI is InChI=1S/C16H24N2O3S/c1-12-7-8-15(11-13(12)2)22(20,21)17-14(3)16(19)18-9-5-4-6-10-18/h7-8,11,14,17H,4-6,9-10H2,1-3H3. The molecule has 0 saturated carbocycles. The van der Waals surface area contributed by atoms with Gasteiger partial charge in [0, 0.05) is 13.1 Å². The Morgan fingerprint density at radius 3 is 2.36 bits per heavy atom. The SMILES string of the molecule is Cc1ccc(S(=O)(=O)NC(C)C(=O)N2CCCCC2)cc1C. The van der Waals surface area contributed by atoms with Gasteiger partial charge >= 0.3 is 0 Å². The number of nitrogens with zero attached hydrogens (tertiary/aromatic N) is 1. The van der Waals surface area contributed by atoms with Crippen molar-refractivity contribution in [1.82, 2.24) is 9.62 Å². The molecule has 1 aliphatic rings. The number of aryl methyl sites for hydroxylation is 2. The third-order valence-corrected chi connectivity index (χ3v) is 5.70. The van der Waals surface area contributed by atoms with E-state index < -0.39 is 16.1 Å². The van der Waals surface area contributed by atoms with Crippen LogP contribution in [-0.2, 0) is 14.8 Å². The van der Waals surface area contributed by atoms with Crippen molar-refractivity contribution >= 4 is 15.9 Å². The molecule has 5 nitrogen and oxygen atoms in total. The number of nitrogens with one attached hydrogen (secondary N) is 1. The van der Waals surface area contributed by atoms with Crippen molar-refractivity contribution in [2.45, 2.75) is 51.0 Å². The van der Waals surface area contributed by atoms with E-state index in [4.69, 9.17) is 0 Å². The molecule has 1 aromatic carbocycles. The molecule has 1 saturated heterocycles. The Labute approximate surface area is 132 Å². The van der Waals surface area contributed by atoms with E-state index in [1.165, 1.54) is 0 Å². The molecule has 1 atom stereocenters. The summed E-state index contributed by atoms with van der Waals surface area (Å²) >= 11 is 0. The van der Waals surface area contributed by atoms with Crippen molar-refractivity contribution in [2.75, 3.05) is 13.1 Å². The number of sulfonamides is 1. The van der Waals surface area contributed by atoms with E-state index in [0.29, 0.717) is 13.1 Å². The Kier molecular flexibility index (Phi) is 5.24. The normalized spacial score (nSPS) is 17.3. The van der Waals surface area contributed by atoms with Crippen LogP contribution in [0.15, 0.2) is 23.1 Å². The lowest BCUT2D eigenvalue weighted by molar-refractivity contribution is -0.133. The Morgan fingerprint density at radius 2 is 1.77 bits per heavy atom. The summed E-state index contributed by atoms with van der Waals surface area (Å²) in [5, 5.41) is 0. The topological polar surface area (TPSA) is 66.5 Å². The molecule has 0 aliphatic carbocycles. The first-order valence-electron chi connectivity index (χ1n) is 7.69. The molecule has 1 fully saturated rings. The van der Waals surface area contributed by atoms with Crippen molar-refractivity contribution in [3.05, 3.63) is 29.3 Å². The van der Waals surface area contributed by atoms with Crippen LogP contribution in [0.3, 0.4) is 0 Å². The number of carbonyl (C=O) groups excluding carboxylic acids is 1. The lowest BCUT2D eigenvalue weighted by Gasteiger charge is -2.29. The van der Waals surface area contributed by atoms with E-state index in [1.54, 1.807) is 30.0 Å². The van der Waals surface area contributed by atoms with Crippen molar-refractivity contribution in [1.29, 1.82) is 0 Å². The molecule has 1 N–H and O–H groups in total. The second-order valence-corrected chi connectivity index (χ2v) is 7.69. The number of piperidine rings is 1. The number of likely N-dealkylation sites (tertiary alicyclic amines) is 1. The molecular weight excluding hydrogens is 300 g/mol. The summed E-state index contributed by atoms with van der Waals surface area (Å²) in [6.45, 7) is 6.84. The van der Waals surface area contributed by atoms with Gasteiger partial charge in [-0.15, -0.1) is 0 Å². The number of hydrogen-bond donors (Lipinski definition) is 1. The molecule has 0 aromatic heterocycles. The van der Waals surface area contributed by atoms with Gasteiger partial charge in [-0.2, -0.15) is 4.72 Å². The molecule has 0 bridgehead atoms. The summed E-state index contributed by atoms with van der Waals surface area (Å²) in [6.07, 6.45) is 3.11. The Bertz CT molecular complexity index is 649. The lowest BCUT2D eigenvalue weighted by atomic mass is 10.1. The number of hydrogen-bond acceptors (Lipinski definition) is 3. The quantitative estimate of drug-likeness (QED) is 0.921. The Hall–Kier alpha value is -1.40. The van der Waals surface area contributed by atoms with Crippen molar-refractivity contribution < 1.29 is 13.2 Å². The van der Waals surface area contributed by atoms with Gasteiger partial charge in [-0.3, -0.25) is 4.79 Å². The fraction of sp³-hybridized carbons (Fsp3) is 0.562. The summed E-state index contributed by atoms with van der Waals surface area (Å²) in [6, 6.07) is 4.24. The smallest absolute Gasteiger partial charge is 0.241 e. The second-order valence-electron chi connectivity index (χ2n) is 5.97. The van der Waals surface area contributed by atoms with Crippen LogP contribution in [0, 0.1) is 13.8 Å². The average Bonchev–Trinajstić information content (AvgIpc) is 2.49. The van der Waals surface area contributed by atoms with E-state index in [2.05, 4.69) is 4.72 Å². The zero-order chi connectivity index (χ0) is 16.3. The van der Waals surface area contributed by atoms with E-state index >= 15 is 0 Å². The van der Waals surface area contributed by atoms with Crippen LogP contribution in [0.5, 0.6) is 0 Å². The zero-order valence-electron chi connectivity index (χ0n) is 13.4. The highest BCUT2D eigenvalue weighted by Gasteiger charge is 2.26. The lowest BCUT2D eigenvalue weighted by Crippen LogP contribution is -2.48. The van der Waals surface area contributed by atoms with Crippen LogP contribution in [0.1, 0.15) is 37.3 Å². The highest BCUT2D eigenvalue weighted by molar-refractivity contribution is 7.89. The van der Waals surface area contributed by atoms with Gasteiger partial charge in [-0.05, 0) is 63.3 Å². The van der Waals surface area contributed by atoms with Crippen LogP contribution < -0.4 is 4.72 Å². The fourth-order valence-corrected chi connectivity index (χ4v) is 3.90. The van der Waals surface area contributed by atoms with Crippen LogP contribution >= 0.6 is 0 Å². The maximum Gasteiger partial charge on any atom is 0.241 e. The Morgan fingerprint density at radius 1 is 1.14 bits per heavy atom. The first-order valence-corrected chi connectivity index (χ1v) is 9.18. The first-order chi connectivity index (χ1) is 10.3. The fourth-order valence-electron chi connectivity index (χ4n) is 2.62. The summed E-state index contributed by atoms with van der Waals surface area (Å²) in [4.78, 5) is 14.3. The van der Waals surface area contributed by atoms with Gasteiger partial charge in [0.25, 0.3) is 0 Å². The van der Waals surface area contributed by atoms with Crippen LogP contribution in [0.4, 0.5) is 0 Å².